The summed E-state index contributed by atoms with van der Waals surface area (Å²) in [4.78, 5) is 25.4. The molecule has 0 atom stereocenters. The van der Waals surface area contributed by atoms with E-state index in [1.165, 1.54) is 0 Å². The van der Waals surface area contributed by atoms with Crippen LogP contribution in [0.1, 0.15) is 20.8 Å². The number of rotatable bonds is 5. The summed E-state index contributed by atoms with van der Waals surface area (Å²) in [7, 11) is 0. The van der Waals surface area contributed by atoms with Crippen LogP contribution in [0.2, 0.25) is 0 Å². The minimum Gasteiger partial charge on any atom is -0.434 e. The van der Waals surface area contributed by atoms with E-state index in [1.807, 2.05) is 26.0 Å². The number of nitrogens with zero attached hydrogens (tertiary/aromatic N) is 1. The maximum Gasteiger partial charge on any atom is 0.513 e. The molecule has 0 unspecified atom stereocenters. The maximum atomic E-state index is 12.2. The Balaban J connectivity index is 2.39. The molecule has 0 aliphatic rings. The van der Waals surface area contributed by atoms with Gasteiger partial charge >= 0.3 is 12.2 Å². The number of fused-ring (bicyclic) bond motifs is 1. The molecule has 2 aromatic rings. The Labute approximate surface area is 140 Å². The molecule has 0 saturated heterocycles. The lowest BCUT2D eigenvalue weighted by Crippen LogP contribution is -2.33. The van der Waals surface area contributed by atoms with Gasteiger partial charge in [-0.1, -0.05) is 24.3 Å². The highest BCUT2D eigenvalue weighted by atomic mass is 16.7. The third kappa shape index (κ3) is 3.95. The molecule has 2 rings (SSSR count). The average Bonchev–Trinajstić information content (AvgIpc) is 2.56. The first-order chi connectivity index (χ1) is 11.6. The molecule has 6 nitrogen and oxygen atoms in total. The van der Waals surface area contributed by atoms with Gasteiger partial charge in [0, 0.05) is 13.1 Å². The number of carbonyl (C=O) groups is 2. The lowest BCUT2D eigenvalue weighted by atomic mass is 10.1. The van der Waals surface area contributed by atoms with Crippen LogP contribution in [-0.4, -0.2) is 36.8 Å². The van der Waals surface area contributed by atoms with E-state index in [1.54, 1.807) is 36.1 Å². The van der Waals surface area contributed by atoms with Crippen LogP contribution in [0.3, 0.4) is 0 Å². The van der Waals surface area contributed by atoms with Crippen molar-refractivity contribution in [1.29, 1.82) is 0 Å². The lowest BCUT2D eigenvalue weighted by Gasteiger charge is -2.19. The van der Waals surface area contributed by atoms with Gasteiger partial charge in [0.15, 0.2) is 0 Å². The van der Waals surface area contributed by atoms with Gasteiger partial charge in [-0.15, -0.1) is 0 Å². The van der Waals surface area contributed by atoms with E-state index in [2.05, 4.69) is 0 Å². The first-order valence-corrected chi connectivity index (χ1v) is 7.93. The summed E-state index contributed by atoms with van der Waals surface area (Å²) >= 11 is 0. The molecule has 0 bridgehead atoms. The molecule has 2 aromatic carbocycles. The smallest absolute Gasteiger partial charge is 0.434 e. The highest BCUT2D eigenvalue weighted by molar-refractivity contribution is 5.96. The first kappa shape index (κ1) is 17.6. The Morgan fingerprint density at radius 1 is 0.917 bits per heavy atom. The van der Waals surface area contributed by atoms with Gasteiger partial charge < -0.3 is 19.1 Å². The third-order valence-electron chi connectivity index (χ3n) is 3.50. The number of carbonyl (C=O) groups excluding carboxylic acids is 2. The van der Waals surface area contributed by atoms with Crippen molar-refractivity contribution in [3.8, 4) is 11.5 Å². The second-order valence-corrected chi connectivity index (χ2v) is 4.94. The monoisotopic (exact) mass is 331 g/mol. The summed E-state index contributed by atoms with van der Waals surface area (Å²) in [5.74, 6) is 0.623. The average molecular weight is 331 g/mol. The summed E-state index contributed by atoms with van der Waals surface area (Å²) in [6.07, 6.45) is -1.24. The molecule has 0 heterocycles. The van der Waals surface area contributed by atoms with Gasteiger partial charge in [-0.2, -0.15) is 0 Å². The number of amides is 1. The molecule has 0 saturated carbocycles. The molecule has 0 fully saturated rings. The summed E-state index contributed by atoms with van der Waals surface area (Å²) < 4.78 is 15.6. The second-order valence-electron chi connectivity index (χ2n) is 4.94. The zero-order valence-electron chi connectivity index (χ0n) is 14.1. The number of hydrogen-bond donors (Lipinski definition) is 0. The molecule has 128 valence electrons. The standard InChI is InChI=1S/C18H21NO5/c1-4-19(5-2)17(20)23-14-11-7-9-13-10-8-12-15(16(13)14)24-18(21)22-6-3/h7-12H,4-6H2,1-3H3. The molecule has 1 amide bonds. The molecule has 6 heteroatoms. The highest BCUT2D eigenvalue weighted by Crippen LogP contribution is 2.34. The molecule has 0 spiro atoms. The summed E-state index contributed by atoms with van der Waals surface area (Å²) in [5.41, 5.74) is 0. The van der Waals surface area contributed by atoms with Gasteiger partial charge in [0.1, 0.15) is 11.5 Å². The van der Waals surface area contributed by atoms with E-state index in [0.717, 1.165) is 5.39 Å². The van der Waals surface area contributed by atoms with E-state index < -0.39 is 12.2 Å². The SMILES string of the molecule is CCOC(=O)Oc1cccc2cccc(OC(=O)N(CC)CC)c12. The van der Waals surface area contributed by atoms with Crippen molar-refractivity contribution in [3.63, 3.8) is 0 Å². The van der Waals surface area contributed by atoms with Crippen LogP contribution in [0.25, 0.3) is 10.8 Å². The number of ether oxygens (including phenoxy) is 3. The summed E-state index contributed by atoms with van der Waals surface area (Å²) in [6, 6.07) is 10.5. The molecule has 0 aliphatic carbocycles. The molecular formula is C18H21NO5. The minimum atomic E-state index is -0.796. The van der Waals surface area contributed by atoms with Crippen LogP contribution in [-0.2, 0) is 4.74 Å². The second kappa shape index (κ2) is 8.19. The van der Waals surface area contributed by atoms with Crippen molar-refractivity contribution in [2.24, 2.45) is 0 Å². The predicted molar refractivity (Wildman–Crippen MR) is 90.5 cm³/mol. The Morgan fingerprint density at radius 2 is 1.50 bits per heavy atom. The van der Waals surface area contributed by atoms with Gasteiger partial charge in [0.25, 0.3) is 0 Å². The molecule has 0 N–H and O–H groups in total. The Morgan fingerprint density at radius 3 is 2.04 bits per heavy atom. The zero-order chi connectivity index (χ0) is 17.5. The highest BCUT2D eigenvalue weighted by Gasteiger charge is 2.17. The summed E-state index contributed by atoms with van der Waals surface area (Å²) in [5, 5.41) is 1.34. The van der Waals surface area contributed by atoms with Crippen molar-refractivity contribution >= 4 is 23.0 Å². The molecule has 0 radical (unpaired) electrons. The normalized spacial score (nSPS) is 10.3. The van der Waals surface area contributed by atoms with Crippen LogP contribution in [0.5, 0.6) is 11.5 Å². The Hall–Kier alpha value is -2.76. The topological polar surface area (TPSA) is 65.1 Å². The maximum absolute atomic E-state index is 12.2. The fourth-order valence-corrected chi connectivity index (χ4v) is 2.32. The number of hydrogen-bond acceptors (Lipinski definition) is 5. The van der Waals surface area contributed by atoms with Gasteiger partial charge in [-0.25, -0.2) is 9.59 Å². The zero-order valence-corrected chi connectivity index (χ0v) is 14.1. The van der Waals surface area contributed by atoms with Gasteiger partial charge in [0.05, 0.1) is 12.0 Å². The van der Waals surface area contributed by atoms with Crippen molar-refractivity contribution in [3.05, 3.63) is 36.4 Å². The van der Waals surface area contributed by atoms with Crippen molar-refractivity contribution in [1.82, 2.24) is 4.90 Å². The van der Waals surface area contributed by atoms with E-state index in [-0.39, 0.29) is 12.4 Å². The van der Waals surface area contributed by atoms with Gasteiger partial charge in [-0.05, 0) is 38.3 Å². The van der Waals surface area contributed by atoms with E-state index in [0.29, 0.717) is 24.2 Å². The predicted octanol–water partition coefficient (Wildman–Crippen LogP) is 4.22. The number of benzene rings is 2. The fourth-order valence-electron chi connectivity index (χ4n) is 2.32. The van der Waals surface area contributed by atoms with Crippen LogP contribution in [0.4, 0.5) is 9.59 Å². The van der Waals surface area contributed by atoms with E-state index in [9.17, 15) is 9.59 Å². The van der Waals surface area contributed by atoms with Crippen LogP contribution in [0, 0.1) is 0 Å². The van der Waals surface area contributed by atoms with Crippen molar-refractivity contribution in [2.75, 3.05) is 19.7 Å². The van der Waals surface area contributed by atoms with Crippen LogP contribution >= 0.6 is 0 Å². The third-order valence-corrected chi connectivity index (χ3v) is 3.50. The lowest BCUT2D eigenvalue weighted by molar-refractivity contribution is 0.105. The van der Waals surface area contributed by atoms with Crippen molar-refractivity contribution < 1.29 is 23.8 Å². The quantitative estimate of drug-likeness (QED) is 0.606. The molecule has 24 heavy (non-hydrogen) atoms. The summed E-state index contributed by atoms with van der Waals surface area (Å²) in [6.45, 7) is 6.76. The Kier molecular flexibility index (Phi) is 6.01. The van der Waals surface area contributed by atoms with Crippen LogP contribution in [0.15, 0.2) is 36.4 Å². The van der Waals surface area contributed by atoms with E-state index in [4.69, 9.17) is 14.2 Å². The fraction of sp³-hybridized carbons (Fsp3) is 0.333. The Bertz CT molecular complexity index is 719. The van der Waals surface area contributed by atoms with Gasteiger partial charge in [0.2, 0.25) is 0 Å². The molecule has 0 aliphatic heterocycles. The first-order valence-electron chi connectivity index (χ1n) is 7.93. The van der Waals surface area contributed by atoms with Crippen molar-refractivity contribution in [2.45, 2.75) is 20.8 Å². The van der Waals surface area contributed by atoms with Crippen LogP contribution < -0.4 is 9.47 Å². The van der Waals surface area contributed by atoms with Gasteiger partial charge in [-0.3, -0.25) is 0 Å². The minimum absolute atomic E-state index is 0.216. The van der Waals surface area contributed by atoms with E-state index >= 15 is 0 Å². The largest absolute Gasteiger partial charge is 0.513 e. The molecular weight excluding hydrogens is 310 g/mol. The molecule has 0 aromatic heterocycles.